The second-order valence-electron chi connectivity index (χ2n) is 4.94. The van der Waals surface area contributed by atoms with Gasteiger partial charge in [0.2, 0.25) is 0 Å². The maximum absolute atomic E-state index is 4.74. The average Bonchev–Trinajstić information content (AvgIpc) is 3.19. The first-order valence-corrected chi connectivity index (χ1v) is 13.3. The van der Waals surface area contributed by atoms with Crippen LogP contribution in [0.15, 0.2) is 0 Å². The third kappa shape index (κ3) is 36.1. The molecule has 5 heteroatoms. The third-order valence-corrected chi connectivity index (χ3v) is 5.44. The van der Waals surface area contributed by atoms with Crippen molar-refractivity contribution in [3.63, 3.8) is 0 Å². The van der Waals surface area contributed by atoms with Gasteiger partial charge in [-0.2, -0.15) is 11.5 Å². The molecule has 2 rings (SSSR count). The molecule has 0 aromatic rings. The molecule has 2 aliphatic carbocycles. The summed E-state index contributed by atoms with van der Waals surface area (Å²) < 4.78 is 0. The average molecular weight is 420 g/mol. The molecule has 128 valence electrons. The molecule has 0 N–H and O–H groups in total. The number of hydrogen-bond acceptors (Lipinski definition) is 2. The Morgan fingerprint density at radius 2 is 0.696 bits per heavy atom. The molecular weight excluding hydrogens is 390 g/mol. The summed E-state index contributed by atoms with van der Waals surface area (Å²) in [6, 6.07) is 0. The van der Waals surface area contributed by atoms with Gasteiger partial charge in [-0.15, -0.1) is 15.8 Å². The fourth-order valence-electron chi connectivity index (χ4n) is 1.01. The van der Waals surface area contributed by atoms with Crippen LogP contribution < -0.4 is 0 Å². The first-order valence-electron chi connectivity index (χ1n) is 7.33. The van der Waals surface area contributed by atoms with Crippen LogP contribution in [-0.4, -0.2) is 50.5 Å². The molecule has 0 aliphatic heterocycles. The van der Waals surface area contributed by atoms with E-state index in [2.05, 4.69) is 26.7 Å². The molecule has 0 aromatic carbocycles. The maximum atomic E-state index is 4.74. The molecule has 23 heavy (non-hydrogen) atoms. The predicted octanol–water partition coefficient (Wildman–Crippen LogP) is 4.59. The van der Waals surface area contributed by atoms with Gasteiger partial charge in [0.1, 0.15) is 0 Å². The van der Waals surface area contributed by atoms with Gasteiger partial charge in [-0.05, 0) is 90.9 Å². The summed E-state index contributed by atoms with van der Waals surface area (Å²) in [5, 5.41) is 0. The van der Waals surface area contributed by atoms with E-state index in [4.69, 9.17) is 25.3 Å². The Hall–Kier alpha value is 2.27. The van der Waals surface area contributed by atoms with Crippen molar-refractivity contribution < 1.29 is 21.7 Å². The van der Waals surface area contributed by atoms with E-state index < -0.39 is 0 Å². The summed E-state index contributed by atoms with van der Waals surface area (Å²) in [7, 11) is 0.591. The van der Waals surface area contributed by atoms with Gasteiger partial charge >= 0.3 is 21.7 Å². The van der Waals surface area contributed by atoms with Gasteiger partial charge in [0.05, 0.1) is 0 Å². The Morgan fingerprint density at radius 1 is 0.522 bits per heavy atom. The first-order chi connectivity index (χ1) is 10.5. The van der Waals surface area contributed by atoms with E-state index >= 15 is 0 Å². The van der Waals surface area contributed by atoms with Crippen LogP contribution in [0, 0.1) is 64.2 Å². The summed E-state index contributed by atoms with van der Waals surface area (Å²) in [5.41, 5.74) is 0. The van der Waals surface area contributed by atoms with Crippen LogP contribution in [0.3, 0.4) is 0 Å². The van der Waals surface area contributed by atoms with Crippen LogP contribution in [0.5, 0.6) is 0 Å². The van der Waals surface area contributed by atoms with E-state index in [1.807, 2.05) is 64.2 Å². The van der Waals surface area contributed by atoms with Crippen LogP contribution in [0.4, 0.5) is 0 Å². The summed E-state index contributed by atoms with van der Waals surface area (Å²) in [5.74, 6) is 1.89. The fourth-order valence-corrected chi connectivity index (χ4v) is 3.93. The molecule has 0 aromatic heterocycles. The standard InChI is InChI=1S/2C5H5.2C4H11PS.Ti/c2*1-2-4-5-3-1;2*1-5(2)3-4-6;/h2*1-5H;2*6H,3-4H2,1-2H3;/q;;;;+2/p-2. The van der Waals surface area contributed by atoms with Gasteiger partial charge in [0.25, 0.3) is 0 Å². The van der Waals surface area contributed by atoms with Crippen LogP contribution in [0.2, 0.25) is 0 Å². The molecule has 0 heterocycles. The molecule has 0 saturated heterocycles. The summed E-state index contributed by atoms with van der Waals surface area (Å²) >= 11 is 9.49. The van der Waals surface area contributed by atoms with E-state index in [1.165, 1.54) is 12.3 Å². The minimum Gasteiger partial charge on any atom is -0.792 e. The zero-order chi connectivity index (χ0) is 17.1. The van der Waals surface area contributed by atoms with Crippen molar-refractivity contribution in [3.05, 3.63) is 64.2 Å². The van der Waals surface area contributed by atoms with Crippen molar-refractivity contribution in [3.8, 4) is 0 Å². The van der Waals surface area contributed by atoms with E-state index in [0.717, 1.165) is 11.5 Å². The van der Waals surface area contributed by atoms with E-state index in [0.29, 0.717) is 15.8 Å². The fraction of sp³-hybridized carbons (Fsp3) is 0.444. The van der Waals surface area contributed by atoms with Gasteiger partial charge in [0, 0.05) is 0 Å². The smallest absolute Gasteiger partial charge is 0.792 e. The normalized spacial score (nSPS) is 15.7. The molecule has 0 amide bonds. The summed E-state index contributed by atoms with van der Waals surface area (Å²) in [6.45, 7) is 9.01. The Balaban J connectivity index is -0.000000229. The van der Waals surface area contributed by atoms with Crippen LogP contribution in [0.25, 0.3) is 0 Å². The Morgan fingerprint density at radius 3 is 0.739 bits per heavy atom. The van der Waals surface area contributed by atoms with Gasteiger partial charge in [-0.3, -0.25) is 0 Å². The van der Waals surface area contributed by atoms with Gasteiger partial charge in [-0.25, -0.2) is 0 Å². The predicted molar refractivity (Wildman–Crippen MR) is 115 cm³/mol. The Kier molecular flexibility index (Phi) is 34.6. The minimum atomic E-state index is 0. The van der Waals surface area contributed by atoms with Crippen molar-refractivity contribution in [2.45, 2.75) is 0 Å². The molecule has 2 fully saturated rings. The zero-order valence-corrected chi connectivity index (χ0v) is 19.8. The molecule has 0 spiro atoms. The molecule has 0 unspecified atom stereocenters. The monoisotopic (exact) mass is 420 g/mol. The molecule has 2 saturated carbocycles. The van der Waals surface area contributed by atoms with E-state index in [-0.39, 0.29) is 21.7 Å². The Bertz CT molecular complexity index is 151. The molecular formula is C18H30P2S2Ti. The second kappa shape index (κ2) is 26.5. The SMILES string of the molecule is CP(C)CC[S-].CP(C)CC[S-].[CH]1[CH][CH][CH][CH]1.[CH]1[CH][CH][CH][CH]1.[Ti+2]. The summed E-state index contributed by atoms with van der Waals surface area (Å²) in [4.78, 5) is 0. The van der Waals surface area contributed by atoms with Crippen molar-refractivity contribution in [2.75, 3.05) is 50.5 Å². The van der Waals surface area contributed by atoms with Crippen molar-refractivity contribution >= 4 is 41.1 Å². The second-order valence-corrected chi connectivity index (χ2v) is 11.0. The zero-order valence-electron chi connectivity index (χ0n) is 14.8. The number of rotatable bonds is 4. The minimum absolute atomic E-state index is 0. The molecule has 0 bridgehead atoms. The quantitative estimate of drug-likeness (QED) is 0.371. The van der Waals surface area contributed by atoms with Crippen LogP contribution in [-0.2, 0) is 47.0 Å². The van der Waals surface area contributed by atoms with Gasteiger partial charge in [-0.1, -0.05) is 12.3 Å². The van der Waals surface area contributed by atoms with Crippen molar-refractivity contribution in [1.82, 2.24) is 0 Å². The summed E-state index contributed by atoms with van der Waals surface area (Å²) in [6.07, 6.45) is 22.5. The maximum Gasteiger partial charge on any atom is 2.00 e. The van der Waals surface area contributed by atoms with Crippen LogP contribution >= 0.6 is 15.8 Å². The van der Waals surface area contributed by atoms with Gasteiger partial charge < -0.3 is 25.3 Å². The topological polar surface area (TPSA) is 0 Å². The van der Waals surface area contributed by atoms with E-state index in [1.54, 1.807) is 0 Å². The van der Waals surface area contributed by atoms with Crippen LogP contribution in [0.1, 0.15) is 0 Å². The molecule has 0 atom stereocenters. The largest absolute Gasteiger partial charge is 2.00 e. The molecule has 2 aliphatic rings. The van der Waals surface area contributed by atoms with Crippen molar-refractivity contribution in [1.29, 1.82) is 0 Å². The Labute approximate surface area is 176 Å². The van der Waals surface area contributed by atoms with Crippen molar-refractivity contribution in [2.24, 2.45) is 0 Å². The molecule has 0 nitrogen and oxygen atoms in total. The van der Waals surface area contributed by atoms with Gasteiger partial charge in [0.15, 0.2) is 0 Å². The molecule has 10 radical (unpaired) electrons. The third-order valence-electron chi connectivity index (χ3n) is 2.19. The van der Waals surface area contributed by atoms with E-state index in [9.17, 15) is 0 Å². The first kappa shape index (κ1) is 30.0. The number of hydrogen-bond donors (Lipinski definition) is 0.